The van der Waals surface area contributed by atoms with Gasteiger partial charge in [0.05, 0.1) is 9.82 Å². The first-order valence-corrected chi connectivity index (χ1v) is 9.60. The number of nitro benzene ring substituents is 1. The Bertz CT molecular complexity index is 1130. The third-order valence-corrected chi connectivity index (χ3v) is 5.11. The first-order valence-electron chi connectivity index (χ1n) is 7.29. The molecule has 0 atom stereocenters. The number of rotatable bonds is 4. The van der Waals surface area contributed by atoms with Gasteiger partial charge in [0.25, 0.3) is 20.6 Å². The highest BCUT2D eigenvalue weighted by molar-refractivity contribution is 8.14. The van der Waals surface area contributed by atoms with E-state index >= 15 is 0 Å². The minimum Gasteiger partial charge on any atom is -0.321 e. The summed E-state index contributed by atoms with van der Waals surface area (Å²) in [6.07, 6.45) is 0. The number of carbonyl (C=O) groups excluding carboxylic acids is 1. The van der Waals surface area contributed by atoms with Crippen molar-refractivity contribution in [3.8, 4) is 0 Å². The molecule has 1 amide bonds. The number of benzene rings is 3. The Hall–Kier alpha value is -2.97. The van der Waals surface area contributed by atoms with Crippen molar-refractivity contribution in [3.05, 3.63) is 76.3 Å². The summed E-state index contributed by atoms with van der Waals surface area (Å²) in [5.41, 5.74) is 0.505. The van der Waals surface area contributed by atoms with Crippen molar-refractivity contribution in [1.29, 1.82) is 0 Å². The molecule has 0 fully saturated rings. The Morgan fingerprint density at radius 2 is 1.58 bits per heavy atom. The zero-order chi connectivity index (χ0) is 18.9. The topological polar surface area (TPSA) is 106 Å². The second-order valence-electron chi connectivity index (χ2n) is 5.35. The van der Waals surface area contributed by atoms with Gasteiger partial charge in [-0.05, 0) is 24.3 Å². The second kappa shape index (κ2) is 6.74. The van der Waals surface area contributed by atoms with Crippen LogP contribution in [0.1, 0.15) is 10.4 Å². The van der Waals surface area contributed by atoms with Crippen LogP contribution in [0.15, 0.2) is 65.6 Å². The monoisotopic (exact) mass is 390 g/mol. The van der Waals surface area contributed by atoms with E-state index in [1.807, 2.05) is 0 Å². The molecule has 9 heteroatoms. The molecule has 7 nitrogen and oxygen atoms in total. The van der Waals surface area contributed by atoms with Crippen LogP contribution in [0.25, 0.3) is 10.8 Å². The molecular formula is C17H11ClN2O5S. The lowest BCUT2D eigenvalue weighted by Gasteiger charge is -2.10. The lowest BCUT2D eigenvalue weighted by Crippen LogP contribution is -2.12. The van der Waals surface area contributed by atoms with E-state index < -0.39 is 19.9 Å². The summed E-state index contributed by atoms with van der Waals surface area (Å²) in [5, 5.41) is 14.2. The lowest BCUT2D eigenvalue weighted by atomic mass is 10.1. The van der Waals surface area contributed by atoms with Crippen molar-refractivity contribution >= 4 is 47.8 Å². The van der Waals surface area contributed by atoms with Crippen molar-refractivity contribution in [3.63, 3.8) is 0 Å². The van der Waals surface area contributed by atoms with Gasteiger partial charge in [0.2, 0.25) is 0 Å². The number of halogens is 1. The Balaban J connectivity index is 1.99. The minimum absolute atomic E-state index is 0.0527. The van der Waals surface area contributed by atoms with E-state index in [0.717, 1.165) is 0 Å². The number of amides is 1. The molecule has 0 unspecified atom stereocenters. The molecule has 0 aromatic heterocycles. The molecule has 0 heterocycles. The molecule has 0 aliphatic carbocycles. The average molecular weight is 391 g/mol. The molecule has 0 bridgehead atoms. The smallest absolute Gasteiger partial charge is 0.269 e. The summed E-state index contributed by atoms with van der Waals surface area (Å²) in [7, 11) is 1.52. The third-order valence-electron chi connectivity index (χ3n) is 3.73. The Labute approximate surface area is 152 Å². The summed E-state index contributed by atoms with van der Waals surface area (Å²) >= 11 is 0. The Kier molecular flexibility index (Phi) is 4.62. The van der Waals surface area contributed by atoms with Gasteiger partial charge in [-0.1, -0.05) is 24.3 Å². The first kappa shape index (κ1) is 17.8. The van der Waals surface area contributed by atoms with Gasteiger partial charge in [-0.3, -0.25) is 14.9 Å². The van der Waals surface area contributed by atoms with Crippen LogP contribution in [-0.2, 0) is 9.05 Å². The molecular weight excluding hydrogens is 380 g/mol. The number of non-ortho nitro benzene ring substituents is 1. The molecule has 0 aliphatic rings. The average Bonchev–Trinajstić information content (AvgIpc) is 2.60. The molecule has 0 spiro atoms. The normalized spacial score (nSPS) is 11.3. The van der Waals surface area contributed by atoms with Crippen LogP contribution in [0.3, 0.4) is 0 Å². The maximum Gasteiger partial charge on any atom is 0.269 e. The standard InChI is InChI=1S/C17H11ClN2O5S/c18-26(24,25)16-6-2-3-13-14(16)4-1-5-15(13)19-17(21)11-7-9-12(10-8-11)20(22)23/h1-10H,(H,19,21). The Morgan fingerprint density at radius 3 is 2.19 bits per heavy atom. The predicted octanol–water partition coefficient (Wildman–Crippen LogP) is 3.93. The van der Waals surface area contributed by atoms with E-state index in [9.17, 15) is 23.3 Å². The number of nitrogens with zero attached hydrogens (tertiary/aromatic N) is 1. The van der Waals surface area contributed by atoms with Crippen molar-refractivity contribution in [2.75, 3.05) is 5.32 Å². The molecule has 0 saturated heterocycles. The molecule has 0 radical (unpaired) electrons. The van der Waals surface area contributed by atoms with Gasteiger partial charge in [0.15, 0.2) is 0 Å². The van der Waals surface area contributed by atoms with Gasteiger partial charge < -0.3 is 5.32 Å². The van der Waals surface area contributed by atoms with E-state index in [1.165, 1.54) is 36.4 Å². The molecule has 0 saturated carbocycles. The Morgan fingerprint density at radius 1 is 0.962 bits per heavy atom. The summed E-state index contributed by atoms with van der Waals surface area (Å²) in [4.78, 5) is 22.5. The van der Waals surface area contributed by atoms with Crippen molar-refractivity contribution in [2.45, 2.75) is 4.90 Å². The summed E-state index contributed by atoms with van der Waals surface area (Å²) < 4.78 is 23.4. The van der Waals surface area contributed by atoms with Gasteiger partial charge in [-0.2, -0.15) is 0 Å². The first-order chi connectivity index (χ1) is 12.3. The number of nitro groups is 1. The van der Waals surface area contributed by atoms with Crippen LogP contribution in [0, 0.1) is 10.1 Å². The predicted molar refractivity (Wildman–Crippen MR) is 98.0 cm³/mol. The molecule has 3 aromatic rings. The quantitative estimate of drug-likeness (QED) is 0.412. The summed E-state index contributed by atoms with van der Waals surface area (Å²) in [6.45, 7) is 0. The molecule has 3 rings (SSSR count). The molecule has 1 N–H and O–H groups in total. The molecule has 3 aromatic carbocycles. The van der Waals surface area contributed by atoms with Crippen LogP contribution >= 0.6 is 10.7 Å². The van der Waals surface area contributed by atoms with Crippen LogP contribution in [-0.4, -0.2) is 19.2 Å². The highest BCUT2D eigenvalue weighted by Gasteiger charge is 2.16. The van der Waals surface area contributed by atoms with Gasteiger partial charge in [-0.15, -0.1) is 0 Å². The fourth-order valence-electron chi connectivity index (χ4n) is 2.53. The number of hydrogen-bond acceptors (Lipinski definition) is 5. The van der Waals surface area contributed by atoms with E-state index in [1.54, 1.807) is 24.3 Å². The van der Waals surface area contributed by atoms with Gasteiger partial charge in [0.1, 0.15) is 0 Å². The van der Waals surface area contributed by atoms with Crippen LogP contribution in [0.5, 0.6) is 0 Å². The van der Waals surface area contributed by atoms with Crippen LogP contribution in [0.2, 0.25) is 0 Å². The van der Waals surface area contributed by atoms with E-state index in [4.69, 9.17) is 10.7 Å². The summed E-state index contributed by atoms with van der Waals surface area (Å²) in [5.74, 6) is -0.480. The van der Waals surface area contributed by atoms with Crippen molar-refractivity contribution < 1.29 is 18.1 Å². The number of nitrogens with one attached hydrogen (secondary N) is 1. The van der Waals surface area contributed by atoms with Crippen LogP contribution in [0.4, 0.5) is 11.4 Å². The highest BCUT2D eigenvalue weighted by atomic mass is 35.7. The maximum absolute atomic E-state index is 12.4. The van der Waals surface area contributed by atoms with Crippen LogP contribution < -0.4 is 5.32 Å². The zero-order valence-electron chi connectivity index (χ0n) is 13.0. The number of hydrogen-bond donors (Lipinski definition) is 1. The maximum atomic E-state index is 12.4. The minimum atomic E-state index is -3.94. The number of fused-ring (bicyclic) bond motifs is 1. The van der Waals surface area contributed by atoms with Crippen molar-refractivity contribution in [1.82, 2.24) is 0 Å². The molecule has 0 aliphatic heterocycles. The third kappa shape index (κ3) is 3.51. The SMILES string of the molecule is O=C(Nc1cccc2c(S(=O)(=O)Cl)cccc12)c1ccc([N+](=O)[O-])cc1. The largest absolute Gasteiger partial charge is 0.321 e. The lowest BCUT2D eigenvalue weighted by molar-refractivity contribution is -0.384. The van der Waals surface area contributed by atoms with Gasteiger partial charge >= 0.3 is 0 Å². The number of anilines is 1. The van der Waals surface area contributed by atoms with Gasteiger partial charge in [0, 0.05) is 44.8 Å². The number of carbonyl (C=O) groups is 1. The van der Waals surface area contributed by atoms with E-state index in [2.05, 4.69) is 5.32 Å². The fourth-order valence-corrected chi connectivity index (χ4v) is 3.62. The van der Waals surface area contributed by atoms with Gasteiger partial charge in [-0.25, -0.2) is 8.42 Å². The van der Waals surface area contributed by atoms with Crippen molar-refractivity contribution in [2.24, 2.45) is 0 Å². The van der Waals surface area contributed by atoms with E-state index in [0.29, 0.717) is 16.5 Å². The second-order valence-corrected chi connectivity index (χ2v) is 7.89. The molecule has 26 heavy (non-hydrogen) atoms. The zero-order valence-corrected chi connectivity index (χ0v) is 14.6. The molecule has 132 valence electrons. The fraction of sp³-hybridized carbons (Fsp3) is 0. The van der Waals surface area contributed by atoms with E-state index in [-0.39, 0.29) is 16.1 Å². The summed E-state index contributed by atoms with van der Waals surface area (Å²) in [6, 6.07) is 14.5. The highest BCUT2D eigenvalue weighted by Crippen LogP contribution is 2.30.